The lowest BCUT2D eigenvalue weighted by molar-refractivity contribution is -0.129. The van der Waals surface area contributed by atoms with E-state index < -0.39 is 28.0 Å². The summed E-state index contributed by atoms with van der Waals surface area (Å²) >= 11 is 5.80. The van der Waals surface area contributed by atoms with Crippen molar-refractivity contribution in [2.75, 3.05) is 26.2 Å². The Bertz CT molecular complexity index is 767. The van der Waals surface area contributed by atoms with Crippen LogP contribution < -0.4 is 10.6 Å². The lowest BCUT2D eigenvalue weighted by Gasteiger charge is -2.31. The van der Waals surface area contributed by atoms with Gasteiger partial charge in [-0.2, -0.15) is 4.31 Å². The summed E-state index contributed by atoms with van der Waals surface area (Å²) < 4.78 is 26.8. The maximum absolute atomic E-state index is 12.7. The number of rotatable bonds is 7. The Balaban J connectivity index is 1.93. The highest BCUT2D eigenvalue weighted by Crippen LogP contribution is 2.24. The van der Waals surface area contributed by atoms with Crippen LogP contribution in [0.4, 0.5) is 0 Å². The summed E-state index contributed by atoms with van der Waals surface area (Å²) in [7, 11) is -3.71. The number of carbonyl (C=O) groups is 2. The monoisotopic (exact) mass is 417 g/mol. The Morgan fingerprint density at radius 2 is 1.96 bits per heavy atom. The zero-order valence-corrected chi connectivity index (χ0v) is 16.6. The van der Waals surface area contributed by atoms with Gasteiger partial charge in [0.1, 0.15) is 0 Å². The molecule has 0 aliphatic carbocycles. The van der Waals surface area contributed by atoms with Gasteiger partial charge in [-0.3, -0.25) is 9.59 Å². The number of hydrogen-bond acceptors (Lipinski definition) is 5. The smallest absolute Gasteiger partial charge is 0.243 e. The zero-order chi connectivity index (χ0) is 20.0. The van der Waals surface area contributed by atoms with Crippen LogP contribution in [-0.2, 0) is 19.6 Å². The first-order chi connectivity index (χ1) is 12.7. The summed E-state index contributed by atoms with van der Waals surface area (Å²) in [5, 5.41) is 14.6. The minimum atomic E-state index is -3.71. The molecule has 1 aliphatic rings. The van der Waals surface area contributed by atoms with E-state index in [1.165, 1.54) is 35.5 Å². The van der Waals surface area contributed by atoms with Gasteiger partial charge in [0.2, 0.25) is 21.8 Å². The standard InChI is InChI=1S/C17H24ClN3O5S/c1-12(22)9-19-16(23)10-20-17(24)13-3-2-8-21(11-13)27(25,26)15-6-4-14(18)5-7-15/h4-7,12-13,22H,2-3,8-11H2,1H3,(H,19,23)(H,20,24)/t12-,13-/m0/s1. The third kappa shape index (κ3) is 6.17. The maximum atomic E-state index is 12.7. The summed E-state index contributed by atoms with van der Waals surface area (Å²) in [5.41, 5.74) is 0. The van der Waals surface area contributed by atoms with E-state index in [0.29, 0.717) is 24.4 Å². The van der Waals surface area contributed by atoms with Gasteiger partial charge in [0.15, 0.2) is 0 Å². The molecule has 8 nitrogen and oxygen atoms in total. The SMILES string of the molecule is C[C@H](O)CNC(=O)CNC(=O)[C@H]1CCCN(S(=O)(=O)c2ccc(Cl)cc2)C1. The van der Waals surface area contributed by atoms with Crippen molar-refractivity contribution in [3.63, 3.8) is 0 Å². The van der Waals surface area contributed by atoms with E-state index in [2.05, 4.69) is 10.6 Å². The highest BCUT2D eigenvalue weighted by Gasteiger charge is 2.33. The predicted molar refractivity (Wildman–Crippen MR) is 101 cm³/mol. The van der Waals surface area contributed by atoms with Crippen LogP contribution in [0.1, 0.15) is 19.8 Å². The van der Waals surface area contributed by atoms with E-state index in [9.17, 15) is 18.0 Å². The lowest BCUT2D eigenvalue weighted by Crippen LogP contribution is -2.47. The molecule has 0 unspecified atom stereocenters. The van der Waals surface area contributed by atoms with Crippen molar-refractivity contribution < 1.29 is 23.1 Å². The molecule has 0 radical (unpaired) electrons. The number of aliphatic hydroxyl groups excluding tert-OH is 1. The van der Waals surface area contributed by atoms with Gasteiger partial charge in [-0.1, -0.05) is 11.6 Å². The lowest BCUT2D eigenvalue weighted by atomic mass is 9.99. The maximum Gasteiger partial charge on any atom is 0.243 e. The molecule has 0 aromatic heterocycles. The van der Waals surface area contributed by atoms with Crippen molar-refractivity contribution >= 4 is 33.4 Å². The van der Waals surface area contributed by atoms with Crippen LogP contribution in [0.3, 0.4) is 0 Å². The summed E-state index contributed by atoms with van der Waals surface area (Å²) in [6.07, 6.45) is 0.432. The molecule has 10 heteroatoms. The fourth-order valence-corrected chi connectivity index (χ4v) is 4.42. The van der Waals surface area contributed by atoms with Crippen molar-refractivity contribution in [3.8, 4) is 0 Å². The summed E-state index contributed by atoms with van der Waals surface area (Å²) in [4.78, 5) is 24.1. The van der Waals surface area contributed by atoms with Crippen LogP contribution >= 0.6 is 11.6 Å². The third-order valence-corrected chi connectivity index (χ3v) is 6.36. The van der Waals surface area contributed by atoms with Crippen LogP contribution in [0, 0.1) is 5.92 Å². The first-order valence-electron chi connectivity index (χ1n) is 8.68. The van der Waals surface area contributed by atoms with Gasteiger partial charge >= 0.3 is 0 Å². The molecule has 150 valence electrons. The first-order valence-corrected chi connectivity index (χ1v) is 10.5. The highest BCUT2D eigenvalue weighted by molar-refractivity contribution is 7.89. The van der Waals surface area contributed by atoms with Gasteiger partial charge in [-0.25, -0.2) is 8.42 Å². The molecule has 1 heterocycles. The summed E-state index contributed by atoms with van der Waals surface area (Å²) in [6, 6.07) is 5.89. The molecule has 2 amide bonds. The predicted octanol–water partition coefficient (Wildman–Crippen LogP) is 0.354. The molecule has 2 atom stereocenters. The van der Waals surface area contributed by atoms with E-state index in [1.807, 2.05) is 0 Å². The quantitative estimate of drug-likeness (QED) is 0.592. The number of benzene rings is 1. The van der Waals surface area contributed by atoms with Crippen molar-refractivity contribution in [3.05, 3.63) is 29.3 Å². The molecule has 1 aromatic carbocycles. The topological polar surface area (TPSA) is 116 Å². The van der Waals surface area contributed by atoms with Crippen LogP contribution in [-0.4, -0.2) is 61.9 Å². The Morgan fingerprint density at radius 3 is 2.59 bits per heavy atom. The summed E-state index contributed by atoms with van der Waals surface area (Å²) in [5.74, 6) is -1.30. The molecule has 1 saturated heterocycles. The molecule has 0 saturated carbocycles. The van der Waals surface area contributed by atoms with E-state index in [0.717, 1.165) is 0 Å². The van der Waals surface area contributed by atoms with Crippen LogP contribution in [0.15, 0.2) is 29.2 Å². The molecule has 1 aromatic rings. The van der Waals surface area contributed by atoms with Crippen LogP contribution in [0.25, 0.3) is 0 Å². The van der Waals surface area contributed by atoms with Crippen molar-refractivity contribution in [1.82, 2.24) is 14.9 Å². The Morgan fingerprint density at radius 1 is 1.30 bits per heavy atom. The average molecular weight is 418 g/mol. The number of aliphatic hydroxyl groups is 1. The minimum Gasteiger partial charge on any atom is -0.392 e. The number of sulfonamides is 1. The largest absolute Gasteiger partial charge is 0.392 e. The molecule has 1 aliphatic heterocycles. The molecule has 1 fully saturated rings. The van der Waals surface area contributed by atoms with E-state index >= 15 is 0 Å². The van der Waals surface area contributed by atoms with Gasteiger partial charge in [-0.05, 0) is 44.0 Å². The summed E-state index contributed by atoms with van der Waals surface area (Å²) in [6.45, 7) is 1.82. The van der Waals surface area contributed by atoms with Gasteiger partial charge < -0.3 is 15.7 Å². The Hall–Kier alpha value is -1.68. The zero-order valence-electron chi connectivity index (χ0n) is 15.0. The normalized spacial score (nSPS) is 19.3. The van der Waals surface area contributed by atoms with Crippen molar-refractivity contribution in [2.24, 2.45) is 5.92 Å². The molecular formula is C17H24ClN3O5S. The average Bonchev–Trinajstić information content (AvgIpc) is 2.64. The second kappa shape index (κ2) is 9.50. The first kappa shape index (κ1) is 21.6. The van der Waals surface area contributed by atoms with Gasteiger partial charge in [-0.15, -0.1) is 0 Å². The fraction of sp³-hybridized carbons (Fsp3) is 0.529. The number of halogens is 1. The van der Waals surface area contributed by atoms with E-state index in [1.54, 1.807) is 0 Å². The number of amides is 2. The molecular weight excluding hydrogens is 394 g/mol. The molecule has 27 heavy (non-hydrogen) atoms. The third-order valence-electron chi connectivity index (χ3n) is 4.22. The van der Waals surface area contributed by atoms with E-state index in [-0.39, 0.29) is 30.4 Å². The second-order valence-corrected chi connectivity index (χ2v) is 8.90. The number of piperidine rings is 1. The Labute approximate surface area is 163 Å². The van der Waals surface area contributed by atoms with Crippen molar-refractivity contribution in [2.45, 2.75) is 30.8 Å². The van der Waals surface area contributed by atoms with Gasteiger partial charge in [0, 0.05) is 24.7 Å². The van der Waals surface area contributed by atoms with Crippen molar-refractivity contribution in [1.29, 1.82) is 0 Å². The van der Waals surface area contributed by atoms with Crippen LogP contribution in [0.2, 0.25) is 5.02 Å². The molecule has 0 bridgehead atoms. The Kier molecular flexibility index (Phi) is 7.60. The number of nitrogens with one attached hydrogen (secondary N) is 2. The fourth-order valence-electron chi connectivity index (χ4n) is 2.77. The molecule has 3 N–H and O–H groups in total. The minimum absolute atomic E-state index is 0.0616. The second-order valence-electron chi connectivity index (χ2n) is 6.53. The highest BCUT2D eigenvalue weighted by atomic mass is 35.5. The molecule has 2 rings (SSSR count). The van der Waals surface area contributed by atoms with Gasteiger partial charge in [0.05, 0.1) is 23.5 Å². The van der Waals surface area contributed by atoms with Crippen LogP contribution in [0.5, 0.6) is 0 Å². The van der Waals surface area contributed by atoms with E-state index in [4.69, 9.17) is 16.7 Å². The number of nitrogens with zero attached hydrogens (tertiary/aromatic N) is 1. The molecule has 0 spiro atoms. The number of hydrogen-bond donors (Lipinski definition) is 3. The van der Waals surface area contributed by atoms with Gasteiger partial charge in [0.25, 0.3) is 0 Å². The number of carbonyl (C=O) groups excluding carboxylic acids is 2.